The van der Waals surface area contributed by atoms with E-state index in [0.717, 1.165) is 55.2 Å². The predicted molar refractivity (Wildman–Crippen MR) is 78.9 cm³/mol. The lowest BCUT2D eigenvalue weighted by Gasteiger charge is -2.06. The summed E-state index contributed by atoms with van der Waals surface area (Å²) in [6.45, 7) is 1.78. The molecule has 3 rings (SSSR count). The Morgan fingerprint density at radius 2 is 2.25 bits per heavy atom. The van der Waals surface area contributed by atoms with Gasteiger partial charge in [0.25, 0.3) is 0 Å². The van der Waals surface area contributed by atoms with Gasteiger partial charge in [0.1, 0.15) is 11.6 Å². The van der Waals surface area contributed by atoms with Crippen LogP contribution in [0, 0.1) is 0 Å². The molecule has 0 unspecified atom stereocenters. The molecule has 1 N–H and O–H groups in total. The zero-order valence-electron chi connectivity index (χ0n) is 11.7. The molecule has 0 spiro atoms. The molecule has 2 aromatic rings. The van der Waals surface area contributed by atoms with E-state index in [1.165, 1.54) is 5.56 Å². The Hall–Kier alpha value is -1.94. The average Bonchev–Trinajstić information content (AvgIpc) is 2.95. The molecule has 2 heterocycles. The summed E-state index contributed by atoms with van der Waals surface area (Å²) >= 11 is 0. The zero-order chi connectivity index (χ0) is 13.8. The second-order valence-electron chi connectivity index (χ2n) is 4.99. The fourth-order valence-corrected chi connectivity index (χ4v) is 2.45. The SMILES string of the molecule is CNCCCc1nccc(-c2ccc3c(c2)CCO3)n1. The van der Waals surface area contributed by atoms with E-state index in [2.05, 4.69) is 27.4 Å². The smallest absolute Gasteiger partial charge is 0.128 e. The van der Waals surface area contributed by atoms with Gasteiger partial charge in [-0.1, -0.05) is 0 Å². The third-order valence-corrected chi connectivity index (χ3v) is 3.52. The van der Waals surface area contributed by atoms with Crippen molar-refractivity contribution in [2.24, 2.45) is 0 Å². The minimum Gasteiger partial charge on any atom is -0.493 e. The quantitative estimate of drug-likeness (QED) is 0.846. The van der Waals surface area contributed by atoms with Crippen LogP contribution < -0.4 is 10.1 Å². The van der Waals surface area contributed by atoms with Crippen LogP contribution in [0.15, 0.2) is 30.5 Å². The second kappa shape index (κ2) is 6.01. The standard InChI is InChI=1S/C16H19N3O/c1-17-8-2-3-16-18-9-6-14(19-16)12-4-5-15-13(11-12)7-10-20-15/h4-6,9,11,17H,2-3,7-8,10H2,1H3. The van der Waals surface area contributed by atoms with Crippen LogP contribution in [0.1, 0.15) is 17.8 Å². The van der Waals surface area contributed by atoms with E-state index in [1.807, 2.05) is 25.4 Å². The van der Waals surface area contributed by atoms with Crippen LogP contribution in [0.5, 0.6) is 5.75 Å². The van der Waals surface area contributed by atoms with Crippen molar-refractivity contribution in [3.05, 3.63) is 41.9 Å². The first-order valence-corrected chi connectivity index (χ1v) is 7.09. The van der Waals surface area contributed by atoms with Crippen LogP contribution in [-0.2, 0) is 12.8 Å². The van der Waals surface area contributed by atoms with Crippen molar-refractivity contribution in [2.45, 2.75) is 19.3 Å². The molecule has 1 aliphatic heterocycles. The molecule has 20 heavy (non-hydrogen) atoms. The van der Waals surface area contributed by atoms with E-state index in [4.69, 9.17) is 4.74 Å². The summed E-state index contributed by atoms with van der Waals surface area (Å²) < 4.78 is 5.54. The molecule has 4 heteroatoms. The highest BCUT2D eigenvalue weighted by atomic mass is 16.5. The molecule has 0 fully saturated rings. The summed E-state index contributed by atoms with van der Waals surface area (Å²) in [5.74, 6) is 1.92. The fraction of sp³-hybridized carbons (Fsp3) is 0.375. The van der Waals surface area contributed by atoms with Crippen molar-refractivity contribution >= 4 is 0 Å². The van der Waals surface area contributed by atoms with Gasteiger partial charge in [-0.3, -0.25) is 0 Å². The van der Waals surface area contributed by atoms with Gasteiger partial charge in [0.15, 0.2) is 0 Å². The van der Waals surface area contributed by atoms with Crippen LogP contribution in [0.25, 0.3) is 11.3 Å². The summed E-state index contributed by atoms with van der Waals surface area (Å²) in [6, 6.07) is 8.27. The van der Waals surface area contributed by atoms with Crippen LogP contribution in [0.2, 0.25) is 0 Å². The van der Waals surface area contributed by atoms with Gasteiger partial charge in [-0.2, -0.15) is 0 Å². The Balaban J connectivity index is 1.81. The van der Waals surface area contributed by atoms with Gasteiger partial charge in [-0.25, -0.2) is 9.97 Å². The summed E-state index contributed by atoms with van der Waals surface area (Å²) in [4.78, 5) is 9.01. The first-order chi connectivity index (χ1) is 9.86. The number of hydrogen-bond acceptors (Lipinski definition) is 4. The monoisotopic (exact) mass is 269 g/mol. The van der Waals surface area contributed by atoms with Gasteiger partial charge in [0, 0.05) is 24.6 Å². The number of aryl methyl sites for hydroxylation is 1. The Bertz CT molecular complexity index is 598. The molecule has 1 aliphatic rings. The van der Waals surface area contributed by atoms with E-state index < -0.39 is 0 Å². The van der Waals surface area contributed by atoms with E-state index in [0.29, 0.717) is 0 Å². The lowest BCUT2D eigenvalue weighted by Crippen LogP contribution is -2.09. The summed E-state index contributed by atoms with van der Waals surface area (Å²) in [7, 11) is 1.96. The van der Waals surface area contributed by atoms with Crippen molar-refractivity contribution in [3.8, 4) is 17.0 Å². The van der Waals surface area contributed by atoms with Gasteiger partial charge in [-0.15, -0.1) is 0 Å². The molecule has 0 aliphatic carbocycles. The van der Waals surface area contributed by atoms with Crippen LogP contribution in [0.3, 0.4) is 0 Å². The number of hydrogen-bond donors (Lipinski definition) is 1. The lowest BCUT2D eigenvalue weighted by atomic mass is 10.1. The zero-order valence-corrected chi connectivity index (χ0v) is 11.7. The summed E-state index contributed by atoms with van der Waals surface area (Å²) in [5.41, 5.74) is 3.42. The van der Waals surface area contributed by atoms with Crippen molar-refractivity contribution in [1.82, 2.24) is 15.3 Å². The highest BCUT2D eigenvalue weighted by Crippen LogP contribution is 2.29. The number of rotatable bonds is 5. The number of ether oxygens (including phenoxy) is 1. The first-order valence-electron chi connectivity index (χ1n) is 7.09. The van der Waals surface area contributed by atoms with Gasteiger partial charge in [-0.05, 0) is 49.8 Å². The third kappa shape index (κ3) is 2.80. The van der Waals surface area contributed by atoms with Crippen LogP contribution in [0.4, 0.5) is 0 Å². The summed E-state index contributed by atoms with van der Waals surface area (Å²) in [6.07, 6.45) is 4.80. The number of fused-ring (bicyclic) bond motifs is 1. The molecule has 4 nitrogen and oxygen atoms in total. The Morgan fingerprint density at radius 1 is 1.30 bits per heavy atom. The number of benzene rings is 1. The predicted octanol–water partition coefficient (Wildman–Crippen LogP) is 2.23. The van der Waals surface area contributed by atoms with E-state index in [1.54, 1.807) is 0 Å². The molecule has 0 atom stereocenters. The minimum atomic E-state index is 0.790. The van der Waals surface area contributed by atoms with E-state index >= 15 is 0 Å². The van der Waals surface area contributed by atoms with Crippen molar-refractivity contribution in [3.63, 3.8) is 0 Å². The highest BCUT2D eigenvalue weighted by Gasteiger charge is 2.13. The normalized spacial score (nSPS) is 13.1. The van der Waals surface area contributed by atoms with Crippen LogP contribution >= 0.6 is 0 Å². The number of aromatic nitrogens is 2. The van der Waals surface area contributed by atoms with Gasteiger partial charge in [0.05, 0.1) is 12.3 Å². The highest BCUT2D eigenvalue weighted by molar-refractivity contribution is 5.62. The molecule has 0 amide bonds. The van der Waals surface area contributed by atoms with E-state index in [9.17, 15) is 0 Å². The Kier molecular flexibility index (Phi) is 3.92. The first kappa shape index (κ1) is 13.1. The van der Waals surface area contributed by atoms with Crippen molar-refractivity contribution in [1.29, 1.82) is 0 Å². The number of nitrogens with zero attached hydrogens (tertiary/aromatic N) is 2. The molecule has 0 saturated carbocycles. The third-order valence-electron chi connectivity index (χ3n) is 3.52. The molecule has 0 radical (unpaired) electrons. The van der Waals surface area contributed by atoms with Crippen molar-refractivity contribution in [2.75, 3.05) is 20.2 Å². The molecule has 0 bridgehead atoms. The maximum atomic E-state index is 5.54. The molecule has 104 valence electrons. The van der Waals surface area contributed by atoms with Gasteiger partial charge < -0.3 is 10.1 Å². The molecule has 0 saturated heterocycles. The topological polar surface area (TPSA) is 47.0 Å². The van der Waals surface area contributed by atoms with E-state index in [-0.39, 0.29) is 0 Å². The Morgan fingerprint density at radius 3 is 3.15 bits per heavy atom. The molecular formula is C16H19N3O. The summed E-state index contributed by atoms with van der Waals surface area (Å²) in [5, 5.41) is 3.14. The molecular weight excluding hydrogens is 250 g/mol. The fourth-order valence-electron chi connectivity index (χ4n) is 2.45. The van der Waals surface area contributed by atoms with Gasteiger partial charge in [0.2, 0.25) is 0 Å². The molecule has 1 aromatic heterocycles. The van der Waals surface area contributed by atoms with Gasteiger partial charge >= 0.3 is 0 Å². The number of nitrogens with one attached hydrogen (secondary N) is 1. The largest absolute Gasteiger partial charge is 0.493 e. The van der Waals surface area contributed by atoms with Crippen LogP contribution in [-0.4, -0.2) is 30.2 Å². The Labute approximate surface area is 119 Å². The average molecular weight is 269 g/mol. The maximum absolute atomic E-state index is 5.54. The maximum Gasteiger partial charge on any atom is 0.128 e. The van der Waals surface area contributed by atoms with Crippen molar-refractivity contribution < 1.29 is 4.74 Å². The molecule has 1 aromatic carbocycles. The minimum absolute atomic E-state index is 0.790. The second-order valence-corrected chi connectivity index (χ2v) is 4.99. The lowest BCUT2D eigenvalue weighted by molar-refractivity contribution is 0.357.